The van der Waals surface area contributed by atoms with E-state index in [0.717, 1.165) is 29.1 Å². The minimum Gasteiger partial charge on any atom is -0.493 e. The van der Waals surface area contributed by atoms with Crippen molar-refractivity contribution >= 4 is 34.1 Å². The molecule has 5 nitrogen and oxygen atoms in total. The van der Waals surface area contributed by atoms with Crippen LogP contribution in [-0.2, 0) is 13.5 Å². The molecule has 178 valence electrons. The topological polar surface area (TPSA) is 43.7 Å². The molecule has 0 radical (unpaired) electrons. The number of benzene rings is 2. The van der Waals surface area contributed by atoms with Crippen LogP contribution in [0.4, 0.5) is 10.1 Å². The van der Waals surface area contributed by atoms with Crippen LogP contribution in [0.15, 0.2) is 42.7 Å². The summed E-state index contributed by atoms with van der Waals surface area (Å²) in [4.78, 5) is 14.5. The summed E-state index contributed by atoms with van der Waals surface area (Å²) < 4.78 is 29.1. The van der Waals surface area contributed by atoms with Crippen molar-refractivity contribution in [1.82, 2.24) is 4.57 Å². The third-order valence-electron chi connectivity index (χ3n) is 7.00. The third kappa shape index (κ3) is 3.86. The number of nitrogens with zero attached hydrogens (tertiary/aromatic N) is 2. The van der Waals surface area contributed by atoms with Crippen molar-refractivity contribution in [2.45, 2.75) is 13.3 Å². The van der Waals surface area contributed by atoms with Gasteiger partial charge in [0.05, 0.1) is 25.4 Å². The van der Waals surface area contributed by atoms with E-state index in [0.29, 0.717) is 52.0 Å². The van der Waals surface area contributed by atoms with Gasteiger partial charge in [0.15, 0.2) is 23.1 Å². The Bertz CT molecular complexity index is 1300. The Morgan fingerprint density at radius 2 is 1.97 bits per heavy atom. The second-order valence-electron chi connectivity index (χ2n) is 9.11. The molecule has 3 aromatic rings. The van der Waals surface area contributed by atoms with Gasteiger partial charge in [-0.15, -0.1) is 0 Å². The van der Waals surface area contributed by atoms with Gasteiger partial charge in [-0.05, 0) is 54.0 Å². The van der Waals surface area contributed by atoms with Crippen LogP contribution in [0.5, 0.6) is 11.5 Å². The van der Waals surface area contributed by atoms with Gasteiger partial charge in [0.1, 0.15) is 0 Å². The van der Waals surface area contributed by atoms with Gasteiger partial charge >= 0.3 is 0 Å². The molecule has 3 heterocycles. The molecule has 0 bridgehead atoms. The Balaban J connectivity index is 1.66. The molecule has 7 heteroatoms. The SMILES string of the molecule is COc1ccc(Cc2c(F)c(N3C=CC4CSCC4C3)cc3c2c(C(C)=O)cn3C)cc1OC. The maximum Gasteiger partial charge on any atom is 0.161 e. The standard InChI is InChI=1S/C27H29FN2O3S/c1-16(31)21-13-29(2)22-11-23(30-8-7-18-14-34-15-19(18)12-30)27(28)20(26(21)22)9-17-5-6-24(32-3)25(10-17)33-4/h5-8,10-11,13,18-19H,9,12,14-15H2,1-4H3. The second kappa shape index (κ2) is 9.02. The number of hydrogen-bond acceptors (Lipinski definition) is 5. The smallest absolute Gasteiger partial charge is 0.161 e. The fraction of sp³-hybridized carbons (Fsp3) is 0.370. The number of halogens is 1. The maximum absolute atomic E-state index is 16.3. The Hall–Kier alpha value is -2.93. The summed E-state index contributed by atoms with van der Waals surface area (Å²) in [7, 11) is 5.09. The molecule has 0 amide bonds. The van der Waals surface area contributed by atoms with Gasteiger partial charge in [0, 0.05) is 48.9 Å². The number of ketones is 1. The van der Waals surface area contributed by atoms with Crippen LogP contribution in [0.2, 0.25) is 0 Å². The van der Waals surface area contributed by atoms with E-state index in [-0.39, 0.29) is 11.6 Å². The van der Waals surface area contributed by atoms with Crippen LogP contribution < -0.4 is 14.4 Å². The van der Waals surface area contributed by atoms with Crippen molar-refractivity contribution in [3.05, 3.63) is 65.2 Å². The molecule has 2 aliphatic heterocycles. The molecular weight excluding hydrogens is 451 g/mol. The molecule has 1 saturated heterocycles. The highest BCUT2D eigenvalue weighted by Crippen LogP contribution is 2.40. The molecule has 0 aliphatic carbocycles. The second-order valence-corrected chi connectivity index (χ2v) is 10.2. The lowest BCUT2D eigenvalue weighted by Gasteiger charge is -2.31. The lowest BCUT2D eigenvalue weighted by molar-refractivity contribution is 0.101. The van der Waals surface area contributed by atoms with Crippen molar-refractivity contribution in [2.75, 3.05) is 37.2 Å². The van der Waals surface area contributed by atoms with Crippen LogP contribution in [0.1, 0.15) is 28.4 Å². The summed E-state index contributed by atoms with van der Waals surface area (Å²) in [5.74, 6) is 4.21. The summed E-state index contributed by atoms with van der Waals surface area (Å²) >= 11 is 1.97. The maximum atomic E-state index is 16.3. The van der Waals surface area contributed by atoms with Gasteiger partial charge < -0.3 is 18.9 Å². The van der Waals surface area contributed by atoms with Crippen LogP contribution >= 0.6 is 11.8 Å². The molecule has 1 fully saturated rings. The average Bonchev–Trinajstić information content (AvgIpc) is 3.44. The fourth-order valence-corrected chi connectivity index (χ4v) is 6.60. The Kier molecular flexibility index (Phi) is 6.06. The summed E-state index contributed by atoms with van der Waals surface area (Å²) in [6.07, 6.45) is 6.40. The van der Waals surface area contributed by atoms with Crippen LogP contribution in [-0.4, -0.2) is 42.6 Å². The van der Waals surface area contributed by atoms with E-state index in [1.807, 2.05) is 64.9 Å². The van der Waals surface area contributed by atoms with E-state index in [9.17, 15) is 4.79 Å². The van der Waals surface area contributed by atoms with Gasteiger partial charge in [-0.25, -0.2) is 4.39 Å². The molecular formula is C27H29FN2O3S. The average molecular weight is 481 g/mol. The quantitative estimate of drug-likeness (QED) is 0.440. The minimum absolute atomic E-state index is 0.0741. The van der Waals surface area contributed by atoms with Crippen molar-refractivity contribution in [3.63, 3.8) is 0 Å². The molecule has 34 heavy (non-hydrogen) atoms. The number of thioether (sulfide) groups is 1. The predicted molar refractivity (Wildman–Crippen MR) is 136 cm³/mol. The summed E-state index contributed by atoms with van der Waals surface area (Å²) in [6.45, 7) is 2.34. The molecule has 2 atom stereocenters. The molecule has 2 aromatic carbocycles. The molecule has 2 unspecified atom stereocenters. The number of anilines is 1. The van der Waals surface area contributed by atoms with Crippen LogP contribution in [0.3, 0.4) is 0 Å². The number of fused-ring (bicyclic) bond motifs is 2. The summed E-state index contributed by atoms with van der Waals surface area (Å²) in [5.41, 5.74) is 3.37. The minimum atomic E-state index is -0.273. The Labute approximate surface area is 203 Å². The zero-order chi connectivity index (χ0) is 24.0. The highest BCUT2D eigenvalue weighted by atomic mass is 32.2. The number of rotatable bonds is 6. The lowest BCUT2D eigenvalue weighted by atomic mass is 9.91. The summed E-state index contributed by atoms with van der Waals surface area (Å²) in [6, 6.07) is 7.50. The van der Waals surface area contributed by atoms with Crippen LogP contribution in [0, 0.1) is 17.7 Å². The highest BCUT2D eigenvalue weighted by molar-refractivity contribution is 7.99. The van der Waals surface area contributed by atoms with E-state index in [1.165, 1.54) is 6.92 Å². The van der Waals surface area contributed by atoms with E-state index < -0.39 is 0 Å². The number of hydrogen-bond donors (Lipinski definition) is 0. The highest BCUT2D eigenvalue weighted by Gasteiger charge is 2.32. The van der Waals surface area contributed by atoms with E-state index >= 15 is 4.39 Å². The molecule has 0 N–H and O–H groups in total. The van der Waals surface area contributed by atoms with Gasteiger partial charge in [-0.2, -0.15) is 11.8 Å². The predicted octanol–water partition coefficient (Wildman–Crippen LogP) is 5.44. The number of aromatic nitrogens is 1. The molecule has 0 spiro atoms. The Morgan fingerprint density at radius 1 is 1.18 bits per heavy atom. The first-order chi connectivity index (χ1) is 16.4. The lowest BCUT2D eigenvalue weighted by Crippen LogP contribution is -2.33. The van der Waals surface area contributed by atoms with Gasteiger partial charge in [0.25, 0.3) is 0 Å². The zero-order valence-corrected chi connectivity index (χ0v) is 20.7. The van der Waals surface area contributed by atoms with E-state index in [4.69, 9.17) is 9.47 Å². The molecule has 5 rings (SSSR count). The number of carbonyl (C=O) groups excluding carboxylic acids is 1. The number of ether oxygens (including phenoxy) is 2. The van der Waals surface area contributed by atoms with Gasteiger partial charge in [-0.3, -0.25) is 4.79 Å². The Morgan fingerprint density at radius 3 is 2.71 bits per heavy atom. The molecule has 1 aromatic heterocycles. The van der Waals surface area contributed by atoms with Crippen molar-refractivity contribution in [2.24, 2.45) is 18.9 Å². The first kappa shape index (κ1) is 22.8. The van der Waals surface area contributed by atoms with Gasteiger partial charge in [-0.1, -0.05) is 12.1 Å². The molecule has 2 aliphatic rings. The number of aryl methyl sites for hydroxylation is 1. The largest absolute Gasteiger partial charge is 0.493 e. The van der Waals surface area contributed by atoms with Crippen molar-refractivity contribution in [1.29, 1.82) is 0 Å². The first-order valence-electron chi connectivity index (χ1n) is 11.5. The third-order valence-corrected chi connectivity index (χ3v) is 8.29. The first-order valence-corrected chi connectivity index (χ1v) is 12.6. The fourth-order valence-electron chi connectivity index (χ4n) is 5.15. The van der Waals surface area contributed by atoms with Crippen molar-refractivity contribution < 1.29 is 18.7 Å². The number of methoxy groups -OCH3 is 2. The van der Waals surface area contributed by atoms with E-state index in [1.54, 1.807) is 14.2 Å². The number of Topliss-reactive ketones (excluding diaryl/α,β-unsaturated/α-hetero) is 1. The molecule has 0 saturated carbocycles. The van der Waals surface area contributed by atoms with E-state index in [2.05, 4.69) is 6.08 Å². The normalized spacial score (nSPS) is 19.5. The zero-order valence-electron chi connectivity index (χ0n) is 19.9. The van der Waals surface area contributed by atoms with Crippen LogP contribution in [0.25, 0.3) is 10.9 Å². The van der Waals surface area contributed by atoms with Gasteiger partial charge in [0.2, 0.25) is 0 Å². The monoisotopic (exact) mass is 480 g/mol. The van der Waals surface area contributed by atoms with Crippen molar-refractivity contribution in [3.8, 4) is 11.5 Å². The summed E-state index contributed by atoms with van der Waals surface area (Å²) in [5, 5.41) is 0.682. The number of carbonyl (C=O) groups is 1. The number of allylic oxidation sites excluding steroid dienone is 1.